The number of carbonyl (C=O) groups is 1. The van der Waals surface area contributed by atoms with Gasteiger partial charge in [-0.1, -0.05) is 30.7 Å². The van der Waals surface area contributed by atoms with E-state index in [0.717, 1.165) is 24.8 Å². The molecule has 0 saturated heterocycles. The van der Waals surface area contributed by atoms with Gasteiger partial charge in [0.15, 0.2) is 5.78 Å². The summed E-state index contributed by atoms with van der Waals surface area (Å²) in [5.74, 6) is 0.620. The van der Waals surface area contributed by atoms with Crippen molar-refractivity contribution < 1.29 is 9.18 Å². The quantitative estimate of drug-likeness (QED) is 0.709. The van der Waals surface area contributed by atoms with Gasteiger partial charge in [0.05, 0.1) is 6.67 Å². The van der Waals surface area contributed by atoms with E-state index in [0.29, 0.717) is 5.92 Å². The van der Waals surface area contributed by atoms with Crippen molar-refractivity contribution >= 4 is 5.78 Å². The van der Waals surface area contributed by atoms with Crippen LogP contribution in [-0.4, -0.2) is 12.5 Å². The Bertz CT molecular complexity index is 369. The van der Waals surface area contributed by atoms with E-state index in [1.165, 1.54) is 5.56 Å². The molecule has 0 spiro atoms. The fraction of sp³-hybridized carbons (Fsp3) is 0.500. The molecule has 2 heteroatoms. The van der Waals surface area contributed by atoms with Gasteiger partial charge in [-0.05, 0) is 37.2 Å². The lowest BCUT2D eigenvalue weighted by Crippen LogP contribution is -2.08. The Morgan fingerprint density at radius 2 is 2.00 bits per heavy atom. The number of hydrogen-bond donors (Lipinski definition) is 0. The number of carbonyl (C=O) groups excluding carboxylic acids is 1. The zero-order valence-corrected chi connectivity index (χ0v) is 9.58. The molecule has 16 heavy (non-hydrogen) atoms. The van der Waals surface area contributed by atoms with Gasteiger partial charge < -0.3 is 0 Å². The second-order valence-corrected chi connectivity index (χ2v) is 4.63. The van der Waals surface area contributed by atoms with Crippen molar-refractivity contribution in [2.75, 3.05) is 6.67 Å². The lowest BCUT2D eigenvalue weighted by atomic mass is 9.89. The molecule has 1 saturated carbocycles. The van der Waals surface area contributed by atoms with E-state index in [4.69, 9.17) is 0 Å². The molecule has 0 radical (unpaired) electrons. The first-order valence-corrected chi connectivity index (χ1v) is 5.89. The first kappa shape index (κ1) is 11.3. The highest BCUT2D eigenvalue weighted by atomic mass is 19.1. The lowest BCUT2D eigenvalue weighted by Gasteiger charge is -2.17. The summed E-state index contributed by atoms with van der Waals surface area (Å²) in [6, 6.07) is 7.67. The van der Waals surface area contributed by atoms with Crippen molar-refractivity contribution in [2.45, 2.75) is 32.1 Å². The van der Waals surface area contributed by atoms with Crippen molar-refractivity contribution in [3.63, 3.8) is 0 Å². The standard InChI is InChI=1S/C14H17FO/c1-10(16)11-5-7-12(8-6-11)14-4-2-3-13(14)9-15/h5-8,13-14H,2-4,9H2,1H3. The van der Waals surface area contributed by atoms with Crippen LogP contribution in [0, 0.1) is 5.92 Å². The number of Topliss-reactive ketones (excluding diaryl/α,β-unsaturated/α-hetero) is 1. The third kappa shape index (κ3) is 2.16. The molecule has 0 heterocycles. The van der Waals surface area contributed by atoms with Crippen molar-refractivity contribution in [3.05, 3.63) is 35.4 Å². The lowest BCUT2D eigenvalue weighted by molar-refractivity contribution is 0.101. The van der Waals surface area contributed by atoms with Gasteiger partial charge in [-0.3, -0.25) is 9.18 Å². The summed E-state index contributed by atoms with van der Waals surface area (Å²) in [5.41, 5.74) is 1.92. The topological polar surface area (TPSA) is 17.1 Å². The molecule has 1 aromatic carbocycles. The average molecular weight is 220 g/mol. The van der Waals surface area contributed by atoms with Gasteiger partial charge in [-0.2, -0.15) is 0 Å². The number of halogens is 1. The van der Waals surface area contributed by atoms with E-state index < -0.39 is 0 Å². The van der Waals surface area contributed by atoms with Gasteiger partial charge in [0.25, 0.3) is 0 Å². The predicted octanol–water partition coefficient (Wildman–Crippen LogP) is 3.74. The van der Waals surface area contributed by atoms with Crippen LogP contribution in [0.5, 0.6) is 0 Å². The molecule has 0 aromatic heterocycles. The molecule has 86 valence electrons. The summed E-state index contributed by atoms with van der Waals surface area (Å²) in [6.45, 7) is 1.34. The number of ketones is 1. The third-order valence-electron chi connectivity index (χ3n) is 3.60. The maximum absolute atomic E-state index is 12.8. The monoisotopic (exact) mass is 220 g/mol. The van der Waals surface area contributed by atoms with Crippen molar-refractivity contribution in [1.82, 2.24) is 0 Å². The summed E-state index contributed by atoms with van der Waals surface area (Å²) < 4.78 is 12.8. The molecule has 0 amide bonds. The first-order valence-electron chi connectivity index (χ1n) is 5.89. The highest BCUT2D eigenvalue weighted by Crippen LogP contribution is 2.39. The molecule has 2 rings (SSSR count). The van der Waals surface area contributed by atoms with Gasteiger partial charge in [0, 0.05) is 5.56 Å². The minimum atomic E-state index is -0.223. The normalized spacial score (nSPS) is 24.6. The van der Waals surface area contributed by atoms with E-state index >= 15 is 0 Å². The van der Waals surface area contributed by atoms with E-state index in [1.807, 2.05) is 24.3 Å². The Morgan fingerprint density at radius 1 is 1.31 bits per heavy atom. The van der Waals surface area contributed by atoms with Crippen LogP contribution >= 0.6 is 0 Å². The summed E-state index contributed by atoms with van der Waals surface area (Å²) in [4.78, 5) is 11.1. The van der Waals surface area contributed by atoms with Gasteiger partial charge in [-0.25, -0.2) is 0 Å². The number of alkyl halides is 1. The van der Waals surface area contributed by atoms with Crippen LogP contribution in [0.1, 0.15) is 48.0 Å². The van der Waals surface area contributed by atoms with Crippen LogP contribution < -0.4 is 0 Å². The van der Waals surface area contributed by atoms with Crippen LogP contribution in [0.3, 0.4) is 0 Å². The van der Waals surface area contributed by atoms with Crippen LogP contribution in [0.25, 0.3) is 0 Å². The van der Waals surface area contributed by atoms with Crippen molar-refractivity contribution in [1.29, 1.82) is 0 Å². The van der Waals surface area contributed by atoms with Crippen molar-refractivity contribution in [3.8, 4) is 0 Å². The van der Waals surface area contributed by atoms with E-state index in [-0.39, 0.29) is 18.4 Å². The van der Waals surface area contributed by atoms with Gasteiger partial charge in [-0.15, -0.1) is 0 Å². The largest absolute Gasteiger partial charge is 0.295 e. The van der Waals surface area contributed by atoms with Gasteiger partial charge >= 0.3 is 0 Å². The Morgan fingerprint density at radius 3 is 2.56 bits per heavy atom. The average Bonchev–Trinajstić information content (AvgIpc) is 2.77. The molecule has 1 nitrogen and oxygen atoms in total. The second kappa shape index (κ2) is 4.77. The predicted molar refractivity (Wildman–Crippen MR) is 62.5 cm³/mol. The summed E-state index contributed by atoms with van der Waals surface area (Å²) >= 11 is 0. The summed E-state index contributed by atoms with van der Waals surface area (Å²) in [6.07, 6.45) is 3.19. The molecule has 1 aliphatic carbocycles. The highest BCUT2D eigenvalue weighted by Gasteiger charge is 2.28. The molecule has 0 N–H and O–H groups in total. The maximum atomic E-state index is 12.8. The minimum Gasteiger partial charge on any atom is -0.295 e. The Kier molecular flexibility index (Phi) is 3.37. The zero-order chi connectivity index (χ0) is 11.5. The molecule has 0 aliphatic heterocycles. The molecule has 1 fully saturated rings. The van der Waals surface area contributed by atoms with E-state index in [2.05, 4.69) is 0 Å². The Hall–Kier alpha value is -1.18. The first-order chi connectivity index (χ1) is 7.72. The SMILES string of the molecule is CC(=O)c1ccc(C2CCCC2CF)cc1. The number of rotatable bonds is 3. The van der Waals surface area contributed by atoms with Crippen LogP contribution in [0.4, 0.5) is 4.39 Å². The number of benzene rings is 1. The smallest absolute Gasteiger partial charge is 0.159 e. The molecule has 2 unspecified atom stereocenters. The van der Waals surface area contributed by atoms with Crippen LogP contribution in [0.15, 0.2) is 24.3 Å². The van der Waals surface area contributed by atoms with Crippen molar-refractivity contribution in [2.24, 2.45) is 5.92 Å². The van der Waals surface area contributed by atoms with E-state index in [9.17, 15) is 9.18 Å². The molecule has 1 aromatic rings. The fourth-order valence-electron chi connectivity index (χ4n) is 2.63. The Balaban J connectivity index is 2.18. The molecular formula is C14H17FO. The molecule has 1 aliphatic rings. The van der Waals surface area contributed by atoms with Crippen LogP contribution in [0.2, 0.25) is 0 Å². The summed E-state index contributed by atoms with van der Waals surface area (Å²) in [7, 11) is 0. The zero-order valence-electron chi connectivity index (χ0n) is 9.58. The fourth-order valence-corrected chi connectivity index (χ4v) is 2.63. The Labute approximate surface area is 95.7 Å². The highest BCUT2D eigenvalue weighted by molar-refractivity contribution is 5.94. The number of hydrogen-bond acceptors (Lipinski definition) is 1. The molecule has 0 bridgehead atoms. The van der Waals surface area contributed by atoms with Crippen LogP contribution in [-0.2, 0) is 0 Å². The maximum Gasteiger partial charge on any atom is 0.159 e. The second-order valence-electron chi connectivity index (χ2n) is 4.63. The summed E-state index contributed by atoms with van der Waals surface area (Å²) in [5, 5.41) is 0. The molecule has 2 atom stereocenters. The molecular weight excluding hydrogens is 203 g/mol. The van der Waals surface area contributed by atoms with Gasteiger partial charge in [0.1, 0.15) is 0 Å². The van der Waals surface area contributed by atoms with E-state index in [1.54, 1.807) is 6.92 Å². The van der Waals surface area contributed by atoms with Gasteiger partial charge in [0.2, 0.25) is 0 Å². The third-order valence-corrected chi connectivity index (χ3v) is 3.60. The minimum absolute atomic E-state index is 0.0833.